The Labute approximate surface area is 219 Å². The second kappa shape index (κ2) is 11.4. The fourth-order valence-corrected chi connectivity index (χ4v) is 6.65. The molecular formula is C31H34NO4P. The average Bonchev–Trinajstić information content (AvgIpc) is 2.90. The lowest BCUT2D eigenvalue weighted by Gasteiger charge is -2.31. The molecule has 0 heterocycles. The standard InChI is InChI=1S/C31H34NO4P/c1-31(2,3)32-29(33)28(22-21-23-13-6-4-7-14-23)36-37(35,25-17-8-5-9-18-25)30(34)27-20-12-16-24-15-10-11-19-26(24)27/h4-20,28,30,34H,21-22H2,1-3H3,(H,32,33). The third kappa shape index (κ3) is 6.56. The topological polar surface area (TPSA) is 75.6 Å². The fourth-order valence-electron chi connectivity index (χ4n) is 4.37. The summed E-state index contributed by atoms with van der Waals surface area (Å²) in [6.45, 7) is 5.67. The predicted octanol–water partition coefficient (Wildman–Crippen LogP) is 6.37. The first kappa shape index (κ1) is 26.8. The van der Waals surface area contributed by atoms with Crippen LogP contribution in [0.2, 0.25) is 0 Å². The molecule has 0 fully saturated rings. The molecule has 0 radical (unpaired) electrons. The normalized spacial score (nSPS) is 15.0. The highest BCUT2D eigenvalue weighted by Gasteiger charge is 2.41. The molecule has 0 saturated carbocycles. The number of hydrogen-bond donors (Lipinski definition) is 2. The molecule has 0 aliphatic carbocycles. The maximum atomic E-state index is 14.8. The number of aliphatic hydroxyl groups excluding tert-OH is 1. The summed E-state index contributed by atoms with van der Waals surface area (Å²) in [6.07, 6.45) is -0.164. The number of hydrogen-bond acceptors (Lipinski definition) is 4. The zero-order chi connectivity index (χ0) is 26.5. The first-order valence-electron chi connectivity index (χ1n) is 12.5. The summed E-state index contributed by atoms with van der Waals surface area (Å²) in [5.74, 6) is -1.81. The van der Waals surface area contributed by atoms with E-state index in [0.29, 0.717) is 23.7 Å². The lowest BCUT2D eigenvalue weighted by Crippen LogP contribution is -2.47. The van der Waals surface area contributed by atoms with Gasteiger partial charge in [-0.05, 0) is 67.6 Å². The second-order valence-corrected chi connectivity index (χ2v) is 12.6. The van der Waals surface area contributed by atoms with Crippen LogP contribution in [0.25, 0.3) is 10.8 Å². The van der Waals surface area contributed by atoms with Crippen LogP contribution in [-0.4, -0.2) is 22.7 Å². The number of carbonyl (C=O) groups excluding carboxylic acids is 1. The highest BCUT2D eigenvalue weighted by atomic mass is 31.2. The predicted molar refractivity (Wildman–Crippen MR) is 150 cm³/mol. The summed E-state index contributed by atoms with van der Waals surface area (Å²) in [6, 6.07) is 31.7. The van der Waals surface area contributed by atoms with Crippen molar-refractivity contribution >= 4 is 29.4 Å². The molecule has 4 rings (SSSR count). The van der Waals surface area contributed by atoms with E-state index < -0.39 is 24.9 Å². The van der Waals surface area contributed by atoms with Crippen LogP contribution in [0, 0.1) is 0 Å². The number of aliphatic hydroxyl groups is 1. The Morgan fingerprint density at radius 3 is 2.14 bits per heavy atom. The molecular weight excluding hydrogens is 481 g/mol. The minimum Gasteiger partial charge on any atom is -0.378 e. The summed E-state index contributed by atoms with van der Waals surface area (Å²) >= 11 is 0. The number of fused-ring (bicyclic) bond motifs is 1. The van der Waals surface area contributed by atoms with Crippen molar-refractivity contribution in [3.05, 3.63) is 114 Å². The molecule has 3 atom stereocenters. The molecule has 0 saturated heterocycles. The summed E-state index contributed by atoms with van der Waals surface area (Å²) in [5, 5.41) is 16.8. The van der Waals surface area contributed by atoms with Gasteiger partial charge in [-0.3, -0.25) is 9.36 Å². The van der Waals surface area contributed by atoms with Gasteiger partial charge in [-0.25, -0.2) is 0 Å². The van der Waals surface area contributed by atoms with Crippen molar-refractivity contribution in [1.82, 2.24) is 5.32 Å². The van der Waals surface area contributed by atoms with Crippen molar-refractivity contribution in [1.29, 1.82) is 0 Å². The van der Waals surface area contributed by atoms with E-state index in [1.54, 1.807) is 30.3 Å². The fraction of sp³-hybridized carbons (Fsp3) is 0.258. The maximum Gasteiger partial charge on any atom is 0.264 e. The van der Waals surface area contributed by atoms with E-state index in [1.807, 2.05) is 93.6 Å². The molecule has 1 amide bonds. The lowest BCUT2D eigenvalue weighted by atomic mass is 10.0. The van der Waals surface area contributed by atoms with Crippen molar-refractivity contribution < 1.29 is 19.0 Å². The molecule has 0 aliphatic rings. The van der Waals surface area contributed by atoms with Gasteiger partial charge in [0, 0.05) is 10.8 Å². The molecule has 2 N–H and O–H groups in total. The zero-order valence-corrected chi connectivity index (χ0v) is 22.4. The molecule has 6 heteroatoms. The third-order valence-corrected chi connectivity index (χ3v) is 8.66. The van der Waals surface area contributed by atoms with Gasteiger partial charge in [0.1, 0.15) is 6.10 Å². The van der Waals surface area contributed by atoms with E-state index in [1.165, 1.54) is 0 Å². The Morgan fingerprint density at radius 2 is 1.46 bits per heavy atom. The second-order valence-electron chi connectivity index (χ2n) is 10.2. The molecule has 5 nitrogen and oxygen atoms in total. The van der Waals surface area contributed by atoms with E-state index in [0.717, 1.165) is 16.3 Å². The first-order chi connectivity index (χ1) is 17.7. The summed E-state index contributed by atoms with van der Waals surface area (Å²) in [4.78, 5) is 13.4. The largest absolute Gasteiger partial charge is 0.378 e. The number of nitrogens with one attached hydrogen (secondary N) is 1. The number of amides is 1. The number of benzene rings is 4. The number of carbonyl (C=O) groups is 1. The molecule has 192 valence electrons. The van der Waals surface area contributed by atoms with E-state index in [-0.39, 0.29) is 5.91 Å². The Morgan fingerprint density at radius 1 is 0.865 bits per heavy atom. The van der Waals surface area contributed by atoms with Crippen LogP contribution in [-0.2, 0) is 20.3 Å². The van der Waals surface area contributed by atoms with Crippen molar-refractivity contribution in [2.24, 2.45) is 0 Å². The minimum atomic E-state index is -3.99. The van der Waals surface area contributed by atoms with E-state index in [2.05, 4.69) is 5.32 Å². The van der Waals surface area contributed by atoms with Gasteiger partial charge in [0.15, 0.2) is 5.85 Å². The zero-order valence-electron chi connectivity index (χ0n) is 21.5. The third-order valence-electron chi connectivity index (χ3n) is 6.15. The lowest BCUT2D eigenvalue weighted by molar-refractivity contribution is -0.129. The van der Waals surface area contributed by atoms with Gasteiger partial charge >= 0.3 is 0 Å². The van der Waals surface area contributed by atoms with Crippen LogP contribution in [0.5, 0.6) is 0 Å². The van der Waals surface area contributed by atoms with E-state index >= 15 is 0 Å². The summed E-state index contributed by atoms with van der Waals surface area (Å²) in [5.41, 5.74) is 1.04. The van der Waals surface area contributed by atoms with Gasteiger partial charge in [-0.15, -0.1) is 0 Å². The van der Waals surface area contributed by atoms with Crippen LogP contribution in [0.3, 0.4) is 0 Å². The molecule has 0 aromatic heterocycles. The first-order valence-corrected chi connectivity index (χ1v) is 14.2. The Balaban J connectivity index is 1.75. The maximum absolute atomic E-state index is 14.8. The van der Waals surface area contributed by atoms with E-state index in [4.69, 9.17) is 4.52 Å². The van der Waals surface area contributed by atoms with Crippen molar-refractivity contribution in [3.63, 3.8) is 0 Å². The van der Waals surface area contributed by atoms with Gasteiger partial charge in [0.25, 0.3) is 7.37 Å². The molecule has 4 aromatic carbocycles. The smallest absolute Gasteiger partial charge is 0.264 e. The highest BCUT2D eigenvalue weighted by Crippen LogP contribution is 2.59. The van der Waals surface area contributed by atoms with Crippen molar-refractivity contribution in [2.45, 2.75) is 51.1 Å². The van der Waals surface area contributed by atoms with Gasteiger partial charge in [0.2, 0.25) is 5.91 Å². The van der Waals surface area contributed by atoms with Crippen LogP contribution in [0.4, 0.5) is 0 Å². The summed E-state index contributed by atoms with van der Waals surface area (Å²) < 4.78 is 21.1. The molecule has 3 unspecified atom stereocenters. The van der Waals surface area contributed by atoms with Crippen LogP contribution in [0.1, 0.15) is 44.2 Å². The van der Waals surface area contributed by atoms with Crippen molar-refractivity contribution in [3.8, 4) is 0 Å². The summed E-state index contributed by atoms with van der Waals surface area (Å²) in [7, 11) is -3.99. The number of rotatable bonds is 9. The minimum absolute atomic E-state index is 0.311. The van der Waals surface area contributed by atoms with Crippen LogP contribution >= 0.6 is 7.37 Å². The van der Waals surface area contributed by atoms with Gasteiger partial charge in [0.05, 0.1) is 0 Å². The Hall–Kier alpha value is -3.24. The molecule has 4 aromatic rings. The van der Waals surface area contributed by atoms with Crippen molar-refractivity contribution in [2.75, 3.05) is 0 Å². The molecule has 0 bridgehead atoms. The van der Waals surface area contributed by atoms with Gasteiger partial charge in [-0.2, -0.15) is 0 Å². The molecule has 0 spiro atoms. The Bertz CT molecular complexity index is 1380. The SMILES string of the molecule is CC(C)(C)NC(=O)C(CCc1ccccc1)OP(=O)(c1ccccc1)C(O)c1cccc2ccccc12. The highest BCUT2D eigenvalue weighted by molar-refractivity contribution is 7.67. The average molecular weight is 516 g/mol. The molecule has 0 aliphatic heterocycles. The van der Waals surface area contributed by atoms with Crippen LogP contribution in [0.15, 0.2) is 103 Å². The van der Waals surface area contributed by atoms with Crippen LogP contribution < -0.4 is 10.6 Å². The molecule has 37 heavy (non-hydrogen) atoms. The Kier molecular flexibility index (Phi) is 8.29. The monoisotopic (exact) mass is 515 g/mol. The quantitative estimate of drug-likeness (QED) is 0.254. The van der Waals surface area contributed by atoms with E-state index in [9.17, 15) is 14.5 Å². The van der Waals surface area contributed by atoms with Gasteiger partial charge < -0.3 is 14.9 Å². The van der Waals surface area contributed by atoms with Gasteiger partial charge in [-0.1, -0.05) is 91.0 Å². The number of aryl methyl sites for hydroxylation is 1.